The lowest BCUT2D eigenvalue weighted by molar-refractivity contribution is 0.0898. The van der Waals surface area contributed by atoms with Gasteiger partial charge in [-0.25, -0.2) is 4.79 Å². The average molecular weight is 360 g/mol. The smallest absolute Gasteiger partial charge is 0.409 e. The van der Waals surface area contributed by atoms with E-state index in [0.29, 0.717) is 12.6 Å². The number of rotatable bonds is 9. The third-order valence-corrected chi connectivity index (χ3v) is 5.48. The zero-order valence-corrected chi connectivity index (χ0v) is 16.1. The molecule has 0 saturated carbocycles. The molecule has 2 aliphatic heterocycles. The van der Waals surface area contributed by atoms with Gasteiger partial charge in [0.25, 0.3) is 0 Å². The van der Waals surface area contributed by atoms with Crippen LogP contribution in [0.5, 0.6) is 0 Å². The van der Waals surface area contributed by atoms with Crippen LogP contribution < -0.4 is 0 Å². The molecule has 0 radical (unpaired) electrons. The van der Waals surface area contributed by atoms with E-state index in [1.165, 1.54) is 31.4 Å². The maximum absolute atomic E-state index is 11.6. The molecule has 0 aliphatic carbocycles. The molecule has 0 spiro atoms. The average Bonchev–Trinajstić information content (AvgIpc) is 3.07. The number of likely N-dealkylation sites (tertiary alicyclic amines) is 1. The second-order valence-corrected chi connectivity index (χ2v) is 7.51. The van der Waals surface area contributed by atoms with Gasteiger partial charge in [0.1, 0.15) is 6.61 Å². The molecule has 1 atom stereocenters. The summed E-state index contributed by atoms with van der Waals surface area (Å²) in [6.07, 6.45) is 4.64. The summed E-state index contributed by atoms with van der Waals surface area (Å²) >= 11 is 0. The number of amides is 1. The summed E-state index contributed by atoms with van der Waals surface area (Å²) in [6, 6.07) is 11.4. The molecular weight excluding hydrogens is 326 g/mol. The maximum atomic E-state index is 11.6. The number of ether oxygens (including phenoxy) is 1. The lowest BCUT2D eigenvalue weighted by atomic mass is 10.0. The van der Waals surface area contributed by atoms with Crippen LogP contribution in [0.4, 0.5) is 4.79 Å². The van der Waals surface area contributed by atoms with Crippen molar-refractivity contribution in [2.75, 3.05) is 45.9 Å². The second-order valence-electron chi connectivity index (χ2n) is 7.51. The van der Waals surface area contributed by atoms with E-state index in [1.807, 2.05) is 4.90 Å². The van der Waals surface area contributed by atoms with Gasteiger partial charge in [0, 0.05) is 32.2 Å². The van der Waals surface area contributed by atoms with E-state index >= 15 is 0 Å². The second kappa shape index (κ2) is 9.93. The van der Waals surface area contributed by atoms with E-state index in [2.05, 4.69) is 47.1 Å². The normalized spacial score (nSPS) is 21.4. The minimum atomic E-state index is -0.140. The van der Waals surface area contributed by atoms with Gasteiger partial charge in [-0.1, -0.05) is 37.3 Å². The number of carbonyl (C=O) groups excluding carboxylic acids is 1. The fourth-order valence-corrected chi connectivity index (χ4v) is 4.17. The van der Waals surface area contributed by atoms with Crippen LogP contribution in [0.1, 0.15) is 38.2 Å². The van der Waals surface area contributed by atoms with Gasteiger partial charge in [0.15, 0.2) is 0 Å². The Bertz CT molecular complexity index is 551. The summed E-state index contributed by atoms with van der Waals surface area (Å²) in [6.45, 7) is 10.0. The molecule has 2 heterocycles. The number of benzene rings is 1. The number of hydrogen-bond donors (Lipinski definition) is 0. The fourth-order valence-electron chi connectivity index (χ4n) is 4.17. The van der Waals surface area contributed by atoms with Crippen LogP contribution in [-0.4, -0.2) is 72.7 Å². The molecule has 0 N–H and O–H groups in total. The molecule has 2 fully saturated rings. The Hall–Kier alpha value is -1.59. The first-order valence-electron chi connectivity index (χ1n) is 10.2. The van der Waals surface area contributed by atoms with E-state index in [9.17, 15) is 4.79 Å². The molecule has 5 heteroatoms. The van der Waals surface area contributed by atoms with Gasteiger partial charge in [0.05, 0.1) is 6.54 Å². The van der Waals surface area contributed by atoms with Gasteiger partial charge >= 0.3 is 6.09 Å². The summed E-state index contributed by atoms with van der Waals surface area (Å²) in [5.74, 6) is 0. The summed E-state index contributed by atoms with van der Waals surface area (Å²) < 4.78 is 5.02. The highest BCUT2D eigenvalue weighted by molar-refractivity contribution is 5.69. The number of cyclic esters (lactones) is 1. The predicted octanol–water partition coefficient (Wildman–Crippen LogP) is 3.21. The number of nitrogens with zero attached hydrogens (tertiary/aromatic N) is 3. The van der Waals surface area contributed by atoms with Crippen molar-refractivity contribution in [3.8, 4) is 0 Å². The standard InChI is InChI=1S/C21H33N3O2/c1-2-11-23(13-7-14-24-15-16-26-21(24)25)20-10-6-12-22(18-20)17-19-8-4-3-5-9-19/h3-5,8-9,20H,2,6-7,10-18H2,1H3/t20-/m1/s1. The lowest BCUT2D eigenvalue weighted by Gasteiger charge is -2.39. The molecule has 2 saturated heterocycles. The Morgan fingerprint density at radius 3 is 2.77 bits per heavy atom. The van der Waals surface area contributed by atoms with Crippen LogP contribution >= 0.6 is 0 Å². The molecular formula is C21H33N3O2. The van der Waals surface area contributed by atoms with Gasteiger partial charge in [-0.05, 0) is 44.3 Å². The molecule has 1 amide bonds. The number of hydrogen-bond acceptors (Lipinski definition) is 4. The van der Waals surface area contributed by atoms with Gasteiger partial charge in [-0.3, -0.25) is 9.80 Å². The van der Waals surface area contributed by atoms with Crippen molar-refractivity contribution in [1.82, 2.24) is 14.7 Å². The van der Waals surface area contributed by atoms with Crippen molar-refractivity contribution in [3.63, 3.8) is 0 Å². The van der Waals surface area contributed by atoms with Crippen molar-refractivity contribution in [2.24, 2.45) is 0 Å². The lowest BCUT2D eigenvalue weighted by Crippen LogP contribution is -2.48. The Morgan fingerprint density at radius 2 is 2.04 bits per heavy atom. The Balaban J connectivity index is 1.48. The summed E-state index contributed by atoms with van der Waals surface area (Å²) in [5.41, 5.74) is 1.41. The predicted molar refractivity (Wildman–Crippen MR) is 104 cm³/mol. The molecule has 1 aromatic carbocycles. The molecule has 26 heavy (non-hydrogen) atoms. The summed E-state index contributed by atoms with van der Waals surface area (Å²) in [7, 11) is 0. The highest BCUT2D eigenvalue weighted by Crippen LogP contribution is 2.19. The van der Waals surface area contributed by atoms with Crippen molar-refractivity contribution < 1.29 is 9.53 Å². The van der Waals surface area contributed by atoms with Crippen LogP contribution in [0, 0.1) is 0 Å². The Morgan fingerprint density at radius 1 is 1.19 bits per heavy atom. The van der Waals surface area contributed by atoms with Crippen LogP contribution in [0.25, 0.3) is 0 Å². The minimum absolute atomic E-state index is 0.140. The van der Waals surface area contributed by atoms with E-state index in [1.54, 1.807) is 0 Å². The van der Waals surface area contributed by atoms with E-state index in [0.717, 1.165) is 45.7 Å². The Labute approximate surface area is 157 Å². The van der Waals surface area contributed by atoms with Gasteiger partial charge in [-0.15, -0.1) is 0 Å². The molecule has 5 nitrogen and oxygen atoms in total. The molecule has 0 aromatic heterocycles. The first-order chi connectivity index (χ1) is 12.8. The van der Waals surface area contributed by atoms with Crippen molar-refractivity contribution >= 4 is 6.09 Å². The van der Waals surface area contributed by atoms with Gasteiger partial charge in [-0.2, -0.15) is 0 Å². The van der Waals surface area contributed by atoms with Crippen LogP contribution in [0.2, 0.25) is 0 Å². The molecule has 1 aromatic rings. The maximum Gasteiger partial charge on any atom is 0.409 e. The minimum Gasteiger partial charge on any atom is -0.448 e. The summed E-state index contributed by atoms with van der Waals surface area (Å²) in [5, 5.41) is 0. The largest absolute Gasteiger partial charge is 0.448 e. The Kier molecular flexibility index (Phi) is 7.32. The van der Waals surface area contributed by atoms with Crippen molar-refractivity contribution in [2.45, 2.75) is 45.2 Å². The molecule has 3 rings (SSSR count). The molecule has 144 valence electrons. The van der Waals surface area contributed by atoms with Gasteiger partial charge < -0.3 is 9.64 Å². The highest BCUT2D eigenvalue weighted by atomic mass is 16.6. The van der Waals surface area contributed by atoms with Gasteiger partial charge in [0.2, 0.25) is 0 Å². The third kappa shape index (κ3) is 5.45. The molecule has 2 aliphatic rings. The molecule has 0 bridgehead atoms. The molecule has 0 unspecified atom stereocenters. The third-order valence-electron chi connectivity index (χ3n) is 5.48. The van der Waals surface area contributed by atoms with Crippen molar-refractivity contribution in [3.05, 3.63) is 35.9 Å². The summed E-state index contributed by atoms with van der Waals surface area (Å²) in [4.78, 5) is 18.7. The van der Waals surface area contributed by atoms with Crippen LogP contribution in [0.15, 0.2) is 30.3 Å². The topological polar surface area (TPSA) is 36.0 Å². The highest BCUT2D eigenvalue weighted by Gasteiger charge is 2.26. The van der Waals surface area contributed by atoms with Crippen molar-refractivity contribution in [1.29, 1.82) is 0 Å². The van der Waals surface area contributed by atoms with E-state index < -0.39 is 0 Å². The SMILES string of the molecule is CCCN(CCCN1CCOC1=O)[C@@H]1CCCN(Cc2ccccc2)C1. The first kappa shape index (κ1) is 19.2. The van der Waals surface area contributed by atoms with Crippen LogP contribution in [0.3, 0.4) is 0 Å². The van der Waals surface area contributed by atoms with E-state index in [4.69, 9.17) is 4.74 Å². The van der Waals surface area contributed by atoms with E-state index in [-0.39, 0.29) is 6.09 Å². The van der Waals surface area contributed by atoms with Crippen LogP contribution in [-0.2, 0) is 11.3 Å². The number of carbonyl (C=O) groups is 1. The first-order valence-corrected chi connectivity index (χ1v) is 10.2. The fraction of sp³-hybridized carbons (Fsp3) is 0.667. The number of piperidine rings is 1. The zero-order valence-electron chi connectivity index (χ0n) is 16.1. The monoisotopic (exact) mass is 359 g/mol. The quantitative estimate of drug-likeness (QED) is 0.678. The zero-order chi connectivity index (χ0) is 18.2.